The lowest BCUT2D eigenvalue weighted by Gasteiger charge is -2.76. The minimum atomic E-state index is -0.718. The number of carboxylic acid groups (broad SMARTS) is 1. The Morgan fingerprint density at radius 1 is 0.800 bits per heavy atom. The van der Waals surface area contributed by atoms with Gasteiger partial charge in [-0.05, 0) is 255 Å². The predicted molar refractivity (Wildman–Crippen MR) is 365 cm³/mol. The zero-order valence-electron chi connectivity index (χ0n) is 55.0. The average molecular weight is 1210 g/mol. The Balaban J connectivity index is 0.876. The van der Waals surface area contributed by atoms with Crippen LogP contribution in [0.15, 0.2) is 138 Å². The smallest absolute Gasteiger partial charge is 0.306 e. The normalized spacial score (nSPS) is 40.9. The number of dihydropyridines is 1. The van der Waals surface area contributed by atoms with E-state index < -0.39 is 29.5 Å². The number of aliphatic hydroxyl groups is 2. The standard InChI is InChI=1S/C84H106N2O4/c1-5-6-8-19-57-20-11-12-23-59(57)44-56-32-37-80(48-56)40-41-82(53-80)38-33-63-47-70-71-50-81-36-17-35-78(3)73(88)34-39-83(70,77(78)81)69-46-61-24-13-14-26-65(61)67(68(69)49-81)45-55-18-15-25-60(43-55)62-29-31-74(86-52-62)85-42-16-27-64(58-21-9-7-10-22-58)54(2)28-30-66(76(89)90)75-72(87)51-84(71,82)79(63,75)4/h11-15,17-18,20,23-26,29,31,36,43,46,49,56,58,63-64,66,69,72-73,75,77,85-88H,2,5-10,16,19,21-22,27-28,30,32-35,37-42,44-45,47-48,50-53H2,1,3-4H3,(H,89,90)/t56-,63+,64-,66-,69-,72-,73+,75+,77-,78-,79-,80+,81-,82-,83+,84-/m1/s1. The third kappa shape index (κ3) is 8.96. The summed E-state index contributed by atoms with van der Waals surface area (Å²) in [6.45, 7) is 14.1. The van der Waals surface area contributed by atoms with Gasteiger partial charge in [-0.25, -0.2) is 0 Å². The molecule has 0 unspecified atom stereocenters. The summed E-state index contributed by atoms with van der Waals surface area (Å²) in [5.74, 6) is 1.55. The third-order valence-corrected chi connectivity index (χ3v) is 29.4. The molecular formula is C84H106N2O4. The van der Waals surface area contributed by atoms with Crippen LogP contribution in [-0.2, 0) is 24.1 Å². The zero-order chi connectivity index (χ0) is 61.4. The van der Waals surface area contributed by atoms with Gasteiger partial charge >= 0.3 is 5.97 Å². The fourth-order valence-corrected chi connectivity index (χ4v) is 26.0. The summed E-state index contributed by atoms with van der Waals surface area (Å²) in [5.41, 5.74) is 13.2. The van der Waals surface area contributed by atoms with Crippen molar-refractivity contribution >= 4 is 23.2 Å². The highest BCUT2D eigenvalue weighted by Gasteiger charge is 2.82. The second kappa shape index (κ2) is 22.5. The summed E-state index contributed by atoms with van der Waals surface area (Å²) in [6.07, 6.45) is 45.8. The molecule has 16 atom stereocenters. The SMILES string of the molecule is C=C1CC[C@@H](C(=O)O)[C@H]2[C@H](O)C[C@]34C5=C(C[C@H](CC[C@]36CC[C@]3(CC[C@H](Cc7ccccc7CCCCC)C3)C6)[C@]24C)[C@]23CC[C@H](O)[C@@]4(C)CC=C[C@@](C=C6C(=c7ccccc7=C[C@H]62)Cc2cccc(c2)C2=CC=C(NCCC[C@H]1C1CCCCC1)NC2)(C5)[C@@H]43. The lowest BCUT2D eigenvalue weighted by Crippen LogP contribution is -2.70. The highest BCUT2D eigenvalue weighted by atomic mass is 16.4. The molecular weight excluding hydrogens is 1100 g/mol. The summed E-state index contributed by atoms with van der Waals surface area (Å²) >= 11 is 0. The number of aliphatic carboxylic acids is 1. The molecule has 0 amide bonds. The summed E-state index contributed by atoms with van der Waals surface area (Å²) in [5, 5.41) is 49.2. The van der Waals surface area contributed by atoms with E-state index in [0.717, 1.165) is 76.7 Å². The van der Waals surface area contributed by atoms with Crippen LogP contribution in [0, 0.1) is 85.2 Å². The van der Waals surface area contributed by atoms with E-state index in [2.05, 4.69) is 141 Å². The molecule has 0 radical (unpaired) electrons. The molecule has 15 bridgehead atoms. The lowest BCUT2D eigenvalue weighted by molar-refractivity contribution is -0.191. The molecule has 6 nitrogen and oxygen atoms in total. The van der Waals surface area contributed by atoms with Gasteiger partial charge in [-0.3, -0.25) is 4.79 Å². The number of fused-ring (bicyclic) bond motifs is 1. The molecule has 476 valence electrons. The van der Waals surface area contributed by atoms with Gasteiger partial charge in [0.2, 0.25) is 0 Å². The number of hydrogen-bond acceptors (Lipinski definition) is 5. The Bertz CT molecular complexity index is 3670. The minimum absolute atomic E-state index is 0.0558. The molecule has 6 heteroatoms. The zero-order valence-corrected chi connectivity index (χ0v) is 55.0. The first-order valence-corrected chi connectivity index (χ1v) is 36.9. The first-order valence-electron chi connectivity index (χ1n) is 36.9. The van der Waals surface area contributed by atoms with Crippen molar-refractivity contribution in [3.63, 3.8) is 0 Å². The van der Waals surface area contributed by atoms with Gasteiger partial charge in [0.1, 0.15) is 0 Å². The molecule has 90 heavy (non-hydrogen) atoms. The summed E-state index contributed by atoms with van der Waals surface area (Å²) in [4.78, 5) is 14.8. The Hall–Kier alpha value is -5.17. The van der Waals surface area contributed by atoms with Gasteiger partial charge in [-0.1, -0.05) is 179 Å². The van der Waals surface area contributed by atoms with Crippen molar-refractivity contribution in [2.45, 2.75) is 219 Å². The van der Waals surface area contributed by atoms with Crippen LogP contribution in [0.3, 0.4) is 0 Å². The fourth-order valence-electron chi connectivity index (χ4n) is 26.0. The van der Waals surface area contributed by atoms with Crippen molar-refractivity contribution in [1.82, 2.24) is 10.6 Å². The summed E-state index contributed by atoms with van der Waals surface area (Å²) in [7, 11) is 0. The summed E-state index contributed by atoms with van der Waals surface area (Å²) < 4.78 is 0. The van der Waals surface area contributed by atoms with Crippen LogP contribution in [0.1, 0.15) is 210 Å². The van der Waals surface area contributed by atoms with Gasteiger partial charge in [-0.2, -0.15) is 0 Å². The largest absolute Gasteiger partial charge is 0.481 e. The second-order valence-electron chi connectivity index (χ2n) is 33.3. The van der Waals surface area contributed by atoms with Crippen molar-refractivity contribution in [3.8, 4) is 0 Å². The van der Waals surface area contributed by atoms with E-state index in [9.17, 15) is 20.1 Å². The molecule has 6 saturated carbocycles. The van der Waals surface area contributed by atoms with Crippen LogP contribution in [-0.4, -0.2) is 46.6 Å². The topological polar surface area (TPSA) is 102 Å². The number of unbranched alkanes of at least 4 members (excludes halogenated alkanes) is 2. The van der Waals surface area contributed by atoms with Crippen LogP contribution in [0.5, 0.6) is 0 Å². The molecule has 4 spiro atoms. The van der Waals surface area contributed by atoms with Crippen LogP contribution >= 0.6 is 0 Å². The van der Waals surface area contributed by atoms with Crippen molar-refractivity contribution in [2.24, 2.45) is 85.2 Å². The number of hydrogen-bond donors (Lipinski definition) is 5. The van der Waals surface area contributed by atoms with E-state index in [1.54, 1.807) is 22.3 Å². The molecule has 6 aliphatic heterocycles. The van der Waals surface area contributed by atoms with E-state index in [-0.39, 0.29) is 56.2 Å². The number of allylic oxidation sites excluding steroid dienone is 9. The number of nitrogens with one attached hydrogen (secondary N) is 2. The van der Waals surface area contributed by atoms with Crippen LogP contribution in [0.4, 0.5) is 0 Å². The Kier molecular flexibility index (Phi) is 15.0. The van der Waals surface area contributed by atoms with Crippen molar-refractivity contribution in [2.75, 3.05) is 13.1 Å². The molecule has 0 saturated heterocycles. The number of aliphatic hydroxyl groups excluding tert-OH is 2. The molecule has 6 heterocycles. The average Bonchev–Trinajstić information content (AvgIpc) is 1.18. The van der Waals surface area contributed by atoms with Gasteiger partial charge in [0.05, 0.1) is 23.9 Å². The molecule has 0 aromatic heterocycles. The van der Waals surface area contributed by atoms with Gasteiger partial charge in [0, 0.05) is 46.6 Å². The Labute approximate surface area is 539 Å². The molecule has 3 aromatic carbocycles. The van der Waals surface area contributed by atoms with E-state index in [1.807, 2.05) is 0 Å². The van der Waals surface area contributed by atoms with Gasteiger partial charge in [-0.15, -0.1) is 0 Å². The Morgan fingerprint density at radius 3 is 2.48 bits per heavy atom. The number of carboxylic acids is 1. The number of benzene rings is 3. The Morgan fingerprint density at radius 2 is 1.64 bits per heavy atom. The number of carbonyl (C=O) groups is 1. The maximum absolute atomic E-state index is 14.8. The second-order valence-corrected chi connectivity index (χ2v) is 33.3. The molecule has 5 N–H and O–H groups in total. The highest BCUT2D eigenvalue weighted by molar-refractivity contribution is 5.78. The molecule has 20 rings (SSSR count). The lowest BCUT2D eigenvalue weighted by atomic mass is 9.27. The van der Waals surface area contributed by atoms with E-state index >= 15 is 0 Å². The molecule has 6 fully saturated rings. The summed E-state index contributed by atoms with van der Waals surface area (Å²) in [6, 6.07) is 28.2. The number of aryl methyl sites for hydroxylation is 1. The molecule has 11 aliphatic carbocycles. The first-order chi connectivity index (χ1) is 43.7. The van der Waals surface area contributed by atoms with Crippen LogP contribution < -0.4 is 21.1 Å². The first kappa shape index (κ1) is 59.8. The van der Waals surface area contributed by atoms with Gasteiger partial charge < -0.3 is 26.0 Å². The van der Waals surface area contributed by atoms with Crippen LogP contribution in [0.25, 0.3) is 17.2 Å². The van der Waals surface area contributed by atoms with Gasteiger partial charge in [0.15, 0.2) is 0 Å². The van der Waals surface area contributed by atoms with Crippen molar-refractivity contribution < 1.29 is 20.1 Å². The van der Waals surface area contributed by atoms with Crippen LogP contribution in [0.2, 0.25) is 0 Å². The third-order valence-electron chi connectivity index (χ3n) is 29.4. The molecule has 17 aliphatic rings. The highest BCUT2D eigenvalue weighted by Crippen LogP contribution is 2.88. The monoisotopic (exact) mass is 1210 g/mol. The van der Waals surface area contributed by atoms with Gasteiger partial charge in [0.25, 0.3) is 0 Å². The van der Waals surface area contributed by atoms with Crippen molar-refractivity contribution in [3.05, 3.63) is 171 Å². The quantitative estimate of drug-likeness (QED) is 0.114. The van der Waals surface area contributed by atoms with E-state index in [4.69, 9.17) is 6.58 Å². The number of rotatable bonds is 8. The fraction of sp³-hybridized carbons (Fsp3) is 0.607. The molecule has 3 aromatic rings. The predicted octanol–water partition coefficient (Wildman–Crippen LogP) is 16.4. The maximum Gasteiger partial charge on any atom is 0.306 e. The van der Waals surface area contributed by atoms with E-state index in [0.29, 0.717) is 37.0 Å². The van der Waals surface area contributed by atoms with E-state index in [1.165, 1.54) is 153 Å². The maximum atomic E-state index is 14.8. The minimum Gasteiger partial charge on any atom is -0.481 e. The van der Waals surface area contributed by atoms with Crippen molar-refractivity contribution in [1.29, 1.82) is 0 Å².